The highest BCUT2D eigenvalue weighted by Gasteiger charge is 2.29. The van der Waals surface area contributed by atoms with Gasteiger partial charge in [-0.25, -0.2) is 4.98 Å². The zero-order valence-electron chi connectivity index (χ0n) is 10.5. The van der Waals surface area contributed by atoms with Crippen molar-refractivity contribution in [1.82, 2.24) is 4.98 Å². The predicted octanol–water partition coefficient (Wildman–Crippen LogP) is 2.05. The molecule has 4 nitrogen and oxygen atoms in total. The van der Waals surface area contributed by atoms with E-state index >= 15 is 0 Å². The van der Waals surface area contributed by atoms with E-state index in [0.717, 1.165) is 30.0 Å². The third-order valence-corrected chi connectivity index (χ3v) is 3.00. The second kappa shape index (κ2) is 4.73. The molecule has 17 heavy (non-hydrogen) atoms. The number of hydrogen-bond donors (Lipinski definition) is 2. The minimum absolute atomic E-state index is 0.115. The van der Waals surface area contributed by atoms with Gasteiger partial charge in [-0.2, -0.15) is 0 Å². The lowest BCUT2D eigenvalue weighted by atomic mass is 10.2. The fraction of sp³-hybridized carbons (Fsp3) is 0.538. The van der Waals surface area contributed by atoms with E-state index < -0.39 is 0 Å². The fourth-order valence-electron chi connectivity index (χ4n) is 2.06. The van der Waals surface area contributed by atoms with Gasteiger partial charge in [-0.1, -0.05) is 6.92 Å². The Hall–Kier alpha value is -1.58. The monoisotopic (exact) mass is 232 g/mol. The summed E-state index contributed by atoms with van der Waals surface area (Å²) in [6.45, 7) is 5.16. The van der Waals surface area contributed by atoms with Crippen molar-refractivity contribution in [2.75, 3.05) is 11.4 Å². The second-order valence-corrected chi connectivity index (χ2v) is 4.69. The molecule has 2 rings (SSSR count). The number of aromatic nitrogens is 1. The van der Waals surface area contributed by atoms with Crippen LogP contribution in [0.4, 0.5) is 5.82 Å². The van der Waals surface area contributed by atoms with Gasteiger partial charge in [-0.15, -0.1) is 0 Å². The van der Waals surface area contributed by atoms with Crippen molar-refractivity contribution in [2.24, 2.45) is 5.73 Å². The van der Waals surface area contributed by atoms with Crippen molar-refractivity contribution in [1.29, 1.82) is 5.41 Å². The van der Waals surface area contributed by atoms with Gasteiger partial charge < -0.3 is 10.6 Å². The number of nitrogens with one attached hydrogen (secondary N) is 1. The van der Waals surface area contributed by atoms with Crippen LogP contribution < -0.4 is 10.6 Å². The molecule has 0 bridgehead atoms. The van der Waals surface area contributed by atoms with Gasteiger partial charge in [0.1, 0.15) is 11.7 Å². The Morgan fingerprint density at radius 2 is 2.24 bits per heavy atom. The molecule has 1 aromatic heterocycles. The summed E-state index contributed by atoms with van der Waals surface area (Å²) in [6.07, 6.45) is 3.62. The number of pyridine rings is 1. The molecule has 1 aliphatic carbocycles. The highest BCUT2D eigenvalue weighted by atomic mass is 15.2. The maximum atomic E-state index is 7.53. The van der Waals surface area contributed by atoms with E-state index in [4.69, 9.17) is 11.1 Å². The van der Waals surface area contributed by atoms with Crippen LogP contribution >= 0.6 is 0 Å². The van der Waals surface area contributed by atoms with Crippen molar-refractivity contribution < 1.29 is 0 Å². The first-order chi connectivity index (χ1) is 8.11. The van der Waals surface area contributed by atoms with Crippen LogP contribution in [0.5, 0.6) is 0 Å². The summed E-state index contributed by atoms with van der Waals surface area (Å²) in [7, 11) is 0. The molecule has 4 heteroatoms. The molecular formula is C13H20N4. The average Bonchev–Trinajstić information content (AvgIpc) is 3.08. The number of amidine groups is 1. The number of rotatable bonds is 5. The first-order valence-electron chi connectivity index (χ1n) is 6.21. The molecule has 0 atom stereocenters. The van der Waals surface area contributed by atoms with E-state index in [1.54, 1.807) is 0 Å². The zero-order valence-corrected chi connectivity index (χ0v) is 10.5. The van der Waals surface area contributed by atoms with Crippen molar-refractivity contribution in [2.45, 2.75) is 39.2 Å². The third kappa shape index (κ3) is 2.75. The summed E-state index contributed by atoms with van der Waals surface area (Å²) in [5.74, 6) is 1.09. The highest BCUT2D eigenvalue weighted by molar-refractivity contribution is 5.95. The summed E-state index contributed by atoms with van der Waals surface area (Å²) in [5.41, 5.74) is 7.25. The largest absolute Gasteiger partial charge is 0.384 e. The smallest absolute Gasteiger partial charge is 0.129 e. The number of nitrogens with two attached hydrogens (primary N) is 1. The van der Waals surface area contributed by atoms with E-state index in [1.807, 2.05) is 19.1 Å². The van der Waals surface area contributed by atoms with E-state index in [0.29, 0.717) is 6.04 Å². The van der Waals surface area contributed by atoms with E-state index in [2.05, 4.69) is 16.8 Å². The van der Waals surface area contributed by atoms with Gasteiger partial charge in [-0.05, 0) is 38.3 Å². The molecule has 1 fully saturated rings. The molecule has 0 unspecified atom stereocenters. The minimum atomic E-state index is 0.115. The quantitative estimate of drug-likeness (QED) is 0.603. The molecule has 0 saturated heterocycles. The Kier molecular flexibility index (Phi) is 3.31. The standard InChI is InChI=1S/C13H20N4/c1-3-6-17(11-4-5-11)12-8-10(13(14)15)7-9(2)16-12/h7-8,11H,3-6H2,1-2H3,(H3,14,15). The number of nitrogen functional groups attached to an aromatic ring is 1. The molecule has 1 saturated carbocycles. The first kappa shape index (κ1) is 11.9. The van der Waals surface area contributed by atoms with Gasteiger partial charge in [0, 0.05) is 23.8 Å². The summed E-state index contributed by atoms with van der Waals surface area (Å²) < 4.78 is 0. The number of hydrogen-bond acceptors (Lipinski definition) is 3. The predicted molar refractivity (Wildman–Crippen MR) is 70.6 cm³/mol. The van der Waals surface area contributed by atoms with Crippen LogP contribution in [0.1, 0.15) is 37.4 Å². The molecule has 1 heterocycles. The van der Waals surface area contributed by atoms with Crippen LogP contribution in [-0.4, -0.2) is 23.4 Å². The van der Waals surface area contributed by atoms with Crippen LogP contribution in [0, 0.1) is 12.3 Å². The number of nitrogens with zero attached hydrogens (tertiary/aromatic N) is 2. The van der Waals surface area contributed by atoms with Crippen molar-refractivity contribution in [3.05, 3.63) is 23.4 Å². The van der Waals surface area contributed by atoms with Crippen LogP contribution in [-0.2, 0) is 0 Å². The van der Waals surface area contributed by atoms with Gasteiger partial charge in [-0.3, -0.25) is 5.41 Å². The Morgan fingerprint density at radius 1 is 1.53 bits per heavy atom. The summed E-state index contributed by atoms with van der Waals surface area (Å²) in [4.78, 5) is 6.92. The summed E-state index contributed by atoms with van der Waals surface area (Å²) in [6, 6.07) is 4.44. The number of anilines is 1. The fourth-order valence-corrected chi connectivity index (χ4v) is 2.06. The van der Waals surface area contributed by atoms with Crippen molar-refractivity contribution >= 4 is 11.7 Å². The van der Waals surface area contributed by atoms with Crippen molar-refractivity contribution in [3.63, 3.8) is 0 Å². The summed E-state index contributed by atoms with van der Waals surface area (Å²) >= 11 is 0. The lowest BCUT2D eigenvalue weighted by Crippen LogP contribution is -2.28. The third-order valence-electron chi connectivity index (χ3n) is 3.00. The Bertz CT molecular complexity index is 423. The molecule has 0 aromatic carbocycles. The van der Waals surface area contributed by atoms with Crippen LogP contribution in [0.3, 0.4) is 0 Å². The first-order valence-corrected chi connectivity index (χ1v) is 6.21. The molecule has 0 amide bonds. The second-order valence-electron chi connectivity index (χ2n) is 4.69. The van der Waals surface area contributed by atoms with Gasteiger partial charge in [0.25, 0.3) is 0 Å². The average molecular weight is 232 g/mol. The van der Waals surface area contributed by atoms with Gasteiger partial charge in [0.05, 0.1) is 0 Å². The molecule has 1 aromatic rings. The molecule has 3 N–H and O–H groups in total. The lowest BCUT2D eigenvalue weighted by Gasteiger charge is -2.23. The maximum Gasteiger partial charge on any atom is 0.129 e. The SMILES string of the molecule is CCCN(c1cc(C(=N)N)cc(C)n1)C1CC1. The van der Waals surface area contributed by atoms with Crippen LogP contribution in [0.15, 0.2) is 12.1 Å². The van der Waals surface area contributed by atoms with Gasteiger partial charge in [0.2, 0.25) is 0 Å². The Morgan fingerprint density at radius 3 is 2.76 bits per heavy atom. The Balaban J connectivity index is 2.31. The van der Waals surface area contributed by atoms with E-state index in [1.165, 1.54) is 12.8 Å². The van der Waals surface area contributed by atoms with Crippen molar-refractivity contribution in [3.8, 4) is 0 Å². The van der Waals surface area contributed by atoms with Crippen LogP contribution in [0.2, 0.25) is 0 Å². The van der Waals surface area contributed by atoms with E-state index in [9.17, 15) is 0 Å². The zero-order chi connectivity index (χ0) is 12.4. The summed E-state index contributed by atoms with van der Waals surface area (Å²) in [5, 5.41) is 7.53. The molecule has 0 spiro atoms. The lowest BCUT2D eigenvalue weighted by molar-refractivity contribution is 0.748. The van der Waals surface area contributed by atoms with E-state index in [-0.39, 0.29) is 5.84 Å². The molecule has 0 aliphatic heterocycles. The highest BCUT2D eigenvalue weighted by Crippen LogP contribution is 2.31. The normalized spacial score (nSPS) is 14.7. The van der Waals surface area contributed by atoms with Gasteiger partial charge >= 0.3 is 0 Å². The molecule has 92 valence electrons. The molecular weight excluding hydrogens is 212 g/mol. The van der Waals surface area contributed by atoms with Crippen LogP contribution in [0.25, 0.3) is 0 Å². The topological polar surface area (TPSA) is 66.0 Å². The minimum Gasteiger partial charge on any atom is -0.384 e. The Labute approximate surface area is 102 Å². The molecule has 1 aliphatic rings. The number of aryl methyl sites for hydroxylation is 1. The maximum absolute atomic E-state index is 7.53. The van der Waals surface area contributed by atoms with Gasteiger partial charge in [0.15, 0.2) is 0 Å². The molecule has 0 radical (unpaired) electrons.